The van der Waals surface area contributed by atoms with Crippen LogP contribution in [-0.4, -0.2) is 22.4 Å². The normalized spacial score (nSPS) is 13.6. The van der Waals surface area contributed by atoms with Crippen molar-refractivity contribution in [3.63, 3.8) is 0 Å². The van der Waals surface area contributed by atoms with Crippen molar-refractivity contribution in [2.24, 2.45) is 0 Å². The molecule has 1 aliphatic heterocycles. The van der Waals surface area contributed by atoms with Crippen molar-refractivity contribution in [3.8, 4) is 0 Å². The zero-order valence-electron chi connectivity index (χ0n) is 15.4. The molecule has 2 heterocycles. The molecule has 4 rings (SSSR count). The molecule has 2 aromatic carbocycles. The summed E-state index contributed by atoms with van der Waals surface area (Å²) in [5, 5.41) is 1.32. The number of hydrogen-bond acceptors (Lipinski definition) is 3. The lowest BCUT2D eigenvalue weighted by Gasteiger charge is -2.17. The first-order valence-corrected chi connectivity index (χ1v) is 10.1. The predicted molar refractivity (Wildman–Crippen MR) is 107 cm³/mol. The second-order valence-electron chi connectivity index (χ2n) is 6.90. The first-order chi connectivity index (χ1) is 13.1. The maximum Gasteiger partial charge on any atom is 0.226 e. The van der Waals surface area contributed by atoms with Crippen LogP contribution in [-0.2, 0) is 6.54 Å². The Labute approximate surface area is 168 Å². The number of anilines is 2. The standard InChI is InChI=1S/C21H22Cl2N3O/c1-3-13(4-2)16-6-7-17(23)19-20(16)26-10-9-25(21(26)24-19)18-8-5-15(22)11-14(18)12-27/h5-8,11-13,22H,3-4,9-10H2,1-2H3/q+1. The number of hydrogen-bond donors (Lipinski definition) is 0. The Balaban J connectivity index is 1.91. The molecule has 0 spiro atoms. The second kappa shape index (κ2) is 7.17. The van der Waals surface area contributed by atoms with Crippen molar-refractivity contribution < 1.29 is 16.4 Å². The highest BCUT2D eigenvalue weighted by atomic mass is 35.5. The number of rotatable bonds is 5. The summed E-state index contributed by atoms with van der Waals surface area (Å²) in [4.78, 5) is 18.5. The van der Waals surface area contributed by atoms with E-state index in [9.17, 15) is 4.79 Å². The number of halogens is 2. The summed E-state index contributed by atoms with van der Waals surface area (Å²) < 4.78 is 2.24. The minimum Gasteiger partial charge on any atom is -0.309 e. The number of carbonyl (C=O) groups is 1. The molecule has 0 saturated heterocycles. The topological polar surface area (TPSA) is 38.1 Å². The van der Waals surface area contributed by atoms with Gasteiger partial charge in [0.15, 0.2) is 17.9 Å². The van der Waals surface area contributed by atoms with Crippen LogP contribution in [0, 0.1) is 11.6 Å². The van der Waals surface area contributed by atoms with Gasteiger partial charge in [-0.3, -0.25) is 4.79 Å². The van der Waals surface area contributed by atoms with Crippen LogP contribution in [0.1, 0.15) is 48.5 Å². The molecule has 0 saturated carbocycles. The van der Waals surface area contributed by atoms with E-state index in [-0.39, 0.29) is 0 Å². The molecule has 0 N–H and O–H groups in total. The lowest BCUT2D eigenvalue weighted by atomic mass is 9.93. The number of aromatic nitrogens is 2. The lowest BCUT2D eigenvalue weighted by Crippen LogP contribution is -2.16. The molecule has 27 heavy (non-hydrogen) atoms. The summed E-state index contributed by atoms with van der Waals surface area (Å²) in [7, 11) is 0. The van der Waals surface area contributed by atoms with Crippen molar-refractivity contribution in [2.45, 2.75) is 39.2 Å². The van der Waals surface area contributed by atoms with Crippen LogP contribution in [0.4, 0.5) is 11.6 Å². The van der Waals surface area contributed by atoms with Gasteiger partial charge in [-0.2, -0.15) is 0 Å². The maximum absolute atomic E-state index is 11.6. The highest BCUT2D eigenvalue weighted by molar-refractivity contribution is 6.35. The molecule has 140 valence electrons. The van der Waals surface area contributed by atoms with Crippen LogP contribution >= 0.6 is 11.6 Å². The highest BCUT2D eigenvalue weighted by Crippen LogP contribution is 2.40. The van der Waals surface area contributed by atoms with Gasteiger partial charge in [-0.15, -0.1) is 0 Å². The molecule has 0 unspecified atom stereocenters. The Morgan fingerprint density at radius 2 is 2.00 bits per heavy atom. The van der Waals surface area contributed by atoms with Crippen molar-refractivity contribution in [3.05, 3.63) is 51.5 Å². The van der Waals surface area contributed by atoms with E-state index in [2.05, 4.69) is 29.4 Å². The average molecular weight is 403 g/mol. The van der Waals surface area contributed by atoms with E-state index in [1.807, 2.05) is 18.2 Å². The van der Waals surface area contributed by atoms with E-state index < -0.39 is 0 Å². The number of benzene rings is 2. The molecule has 0 aliphatic carbocycles. The number of carbonyl (C=O) groups excluding carboxylic acids is 1. The Morgan fingerprint density at radius 1 is 1.22 bits per heavy atom. The molecule has 1 aromatic heterocycles. The van der Waals surface area contributed by atoms with Crippen LogP contribution in [0.25, 0.3) is 11.0 Å². The molecule has 0 fully saturated rings. The van der Waals surface area contributed by atoms with Crippen LogP contribution in [0.2, 0.25) is 10.0 Å². The minimum atomic E-state index is 0.477. The van der Waals surface area contributed by atoms with Gasteiger partial charge in [0.2, 0.25) is 11.0 Å². The molecular weight excluding hydrogens is 381 g/mol. The second-order valence-corrected chi connectivity index (χ2v) is 7.78. The van der Waals surface area contributed by atoms with Gasteiger partial charge in [0, 0.05) is 30.8 Å². The highest BCUT2D eigenvalue weighted by Gasteiger charge is 2.29. The summed E-state index contributed by atoms with van der Waals surface area (Å²) >= 11 is 11.7. The van der Waals surface area contributed by atoms with Gasteiger partial charge >= 0.3 is 0 Å². The van der Waals surface area contributed by atoms with E-state index >= 15 is 0 Å². The van der Waals surface area contributed by atoms with Crippen molar-refractivity contribution in [1.29, 1.82) is 0 Å². The van der Waals surface area contributed by atoms with Crippen molar-refractivity contribution >= 4 is 40.6 Å². The third-order valence-corrected chi connectivity index (χ3v) is 6.05. The summed E-state index contributed by atoms with van der Waals surface area (Å²) in [6, 6.07) is 9.60. The predicted octanol–water partition coefficient (Wildman–Crippen LogP) is 5.25. The SMILES string of the molecule is CCC(CC)c1ccc(Cl)c2nc3n(c12)CCN3c1ccc([ClH+])cc1C=O. The van der Waals surface area contributed by atoms with Crippen molar-refractivity contribution in [2.75, 3.05) is 11.4 Å². The number of imidazole rings is 1. The van der Waals surface area contributed by atoms with Crippen LogP contribution in [0.5, 0.6) is 0 Å². The van der Waals surface area contributed by atoms with Crippen LogP contribution < -0.4 is 4.90 Å². The summed E-state index contributed by atoms with van der Waals surface area (Å²) in [6.45, 7) is 6.02. The van der Waals surface area contributed by atoms with Gasteiger partial charge in [0.1, 0.15) is 5.52 Å². The van der Waals surface area contributed by atoms with E-state index in [4.69, 9.17) is 28.2 Å². The summed E-state index contributed by atoms with van der Waals surface area (Å²) in [5.41, 5.74) is 4.70. The lowest BCUT2D eigenvalue weighted by molar-refractivity contribution is -0.288. The molecule has 4 nitrogen and oxygen atoms in total. The third-order valence-electron chi connectivity index (χ3n) is 5.49. The van der Waals surface area contributed by atoms with Gasteiger partial charge in [-0.1, -0.05) is 31.5 Å². The Morgan fingerprint density at radius 3 is 2.70 bits per heavy atom. The van der Waals surface area contributed by atoms with E-state index in [1.165, 1.54) is 5.56 Å². The molecule has 0 atom stereocenters. The van der Waals surface area contributed by atoms with E-state index in [1.54, 1.807) is 6.07 Å². The summed E-state index contributed by atoms with van der Waals surface area (Å²) in [6.07, 6.45) is 3.01. The zero-order chi connectivity index (χ0) is 19.1. The van der Waals surface area contributed by atoms with E-state index in [0.717, 1.165) is 54.9 Å². The Bertz CT molecular complexity index is 1020. The van der Waals surface area contributed by atoms with Gasteiger partial charge < -0.3 is 9.47 Å². The average Bonchev–Trinajstić information content (AvgIpc) is 3.24. The molecule has 0 bridgehead atoms. The van der Waals surface area contributed by atoms with Crippen LogP contribution in [0.15, 0.2) is 30.3 Å². The fourth-order valence-electron chi connectivity index (χ4n) is 4.10. The first-order valence-electron chi connectivity index (χ1n) is 9.31. The molecule has 6 heteroatoms. The van der Waals surface area contributed by atoms with E-state index in [0.29, 0.717) is 21.5 Å². The third kappa shape index (κ3) is 2.91. The Kier molecular flexibility index (Phi) is 4.87. The molecule has 0 amide bonds. The fourth-order valence-corrected chi connectivity index (χ4v) is 4.49. The molecule has 1 aliphatic rings. The van der Waals surface area contributed by atoms with Gasteiger partial charge in [-0.25, -0.2) is 4.98 Å². The van der Waals surface area contributed by atoms with Gasteiger partial charge in [0.25, 0.3) is 0 Å². The van der Waals surface area contributed by atoms with Gasteiger partial charge in [0.05, 0.1) is 16.2 Å². The summed E-state index contributed by atoms with van der Waals surface area (Å²) in [5.74, 6) is 1.31. The van der Waals surface area contributed by atoms with Gasteiger partial charge in [-0.05, 0) is 36.5 Å². The first kappa shape index (κ1) is 18.3. The smallest absolute Gasteiger partial charge is 0.226 e. The zero-order valence-corrected chi connectivity index (χ0v) is 17.0. The van der Waals surface area contributed by atoms with Crippen molar-refractivity contribution in [1.82, 2.24) is 9.55 Å². The number of fused-ring (bicyclic) bond motifs is 3. The quantitative estimate of drug-likeness (QED) is 0.546. The molecule has 0 radical (unpaired) electrons. The number of nitrogens with zero attached hydrogens (tertiary/aromatic N) is 3. The fraction of sp³-hybridized carbons (Fsp3) is 0.333. The monoisotopic (exact) mass is 402 g/mol. The molecular formula is C21H22Cl2N3O+. The largest absolute Gasteiger partial charge is 0.309 e. The number of aldehydes is 1. The maximum atomic E-state index is 11.6. The minimum absolute atomic E-state index is 0.477. The van der Waals surface area contributed by atoms with Crippen LogP contribution in [0.3, 0.4) is 0 Å². The Hall–Kier alpha value is -2.04. The molecule has 3 aromatic rings.